The zero-order valence-electron chi connectivity index (χ0n) is 17.8. The Labute approximate surface area is 186 Å². The molecule has 3 aromatic rings. The molecule has 1 aromatic heterocycles. The van der Waals surface area contributed by atoms with Crippen molar-refractivity contribution >= 4 is 29.5 Å². The summed E-state index contributed by atoms with van der Waals surface area (Å²) in [4.78, 5) is 25.2. The second-order valence-electron chi connectivity index (χ2n) is 7.09. The van der Waals surface area contributed by atoms with Crippen LogP contribution in [0.1, 0.15) is 35.3 Å². The minimum Gasteiger partial charge on any atom is -0.384 e. The fourth-order valence-corrected chi connectivity index (χ4v) is 3.93. The summed E-state index contributed by atoms with van der Waals surface area (Å²) in [5, 5.41) is 10.7. The number of nitrogens with zero attached hydrogens (tertiary/aromatic N) is 1. The van der Waals surface area contributed by atoms with Crippen molar-refractivity contribution in [2.75, 3.05) is 12.8 Å². The van der Waals surface area contributed by atoms with Gasteiger partial charge in [-0.3, -0.25) is 14.2 Å². The van der Waals surface area contributed by atoms with Gasteiger partial charge < -0.3 is 16.5 Å². The Kier molecular flexibility index (Phi) is 6.61. The van der Waals surface area contributed by atoms with Crippen molar-refractivity contribution in [3.8, 4) is 22.3 Å². The van der Waals surface area contributed by atoms with E-state index in [1.807, 2.05) is 38.1 Å². The van der Waals surface area contributed by atoms with E-state index in [1.165, 1.54) is 4.57 Å². The van der Waals surface area contributed by atoms with Gasteiger partial charge in [-0.1, -0.05) is 42.8 Å². The average Bonchev–Trinajstić information content (AvgIpc) is 2.79. The number of rotatable bonds is 6. The van der Waals surface area contributed by atoms with Gasteiger partial charge in [0.05, 0.1) is 0 Å². The third-order valence-corrected chi connectivity index (χ3v) is 5.70. The molecule has 4 N–H and O–H groups in total. The number of nitrogen functional groups attached to an aromatic ring is 1. The molecule has 31 heavy (non-hydrogen) atoms. The van der Waals surface area contributed by atoms with Crippen LogP contribution in [0.5, 0.6) is 0 Å². The number of nitrogens with one attached hydrogen (secondary N) is 2. The highest BCUT2D eigenvalue weighted by Gasteiger charge is 2.16. The minimum absolute atomic E-state index is 0.136. The third kappa shape index (κ3) is 4.11. The lowest BCUT2D eigenvalue weighted by Crippen LogP contribution is -2.25. The number of halogens is 1. The molecule has 160 valence electrons. The summed E-state index contributed by atoms with van der Waals surface area (Å²) in [7, 11) is 1.61. The molecule has 3 rings (SSSR count). The number of aromatic nitrogens is 1. The summed E-state index contributed by atoms with van der Waals surface area (Å²) < 4.78 is 1.43. The van der Waals surface area contributed by atoms with Gasteiger partial charge in [0.2, 0.25) is 0 Å². The van der Waals surface area contributed by atoms with Crippen LogP contribution in [0, 0.1) is 5.41 Å². The Morgan fingerprint density at radius 3 is 2.39 bits per heavy atom. The SMILES string of the molecule is CCc1ccc(-c2ccc(-c3cc(C=N)c(N)n(CC)c3=O)c(Cl)c2)cc1C(=O)NC. The van der Waals surface area contributed by atoms with Gasteiger partial charge in [0.25, 0.3) is 11.5 Å². The number of carbonyl (C=O) groups excluding carboxylic acids is 1. The van der Waals surface area contributed by atoms with Crippen molar-refractivity contribution in [3.63, 3.8) is 0 Å². The molecule has 2 aromatic carbocycles. The van der Waals surface area contributed by atoms with Crippen LogP contribution >= 0.6 is 11.6 Å². The van der Waals surface area contributed by atoms with E-state index < -0.39 is 0 Å². The van der Waals surface area contributed by atoms with Crippen LogP contribution < -0.4 is 16.6 Å². The van der Waals surface area contributed by atoms with Crippen LogP contribution in [0.2, 0.25) is 5.02 Å². The molecule has 0 saturated heterocycles. The topological polar surface area (TPSA) is 101 Å². The van der Waals surface area contributed by atoms with Crippen molar-refractivity contribution in [1.29, 1.82) is 5.41 Å². The van der Waals surface area contributed by atoms with E-state index in [-0.39, 0.29) is 17.3 Å². The number of pyridine rings is 1. The first-order valence-electron chi connectivity index (χ1n) is 10.0. The predicted molar refractivity (Wildman–Crippen MR) is 127 cm³/mol. The lowest BCUT2D eigenvalue weighted by Gasteiger charge is -2.14. The second-order valence-corrected chi connectivity index (χ2v) is 7.50. The van der Waals surface area contributed by atoms with Crippen LogP contribution in [-0.2, 0) is 13.0 Å². The van der Waals surface area contributed by atoms with Gasteiger partial charge in [0.1, 0.15) is 5.82 Å². The first-order valence-corrected chi connectivity index (χ1v) is 10.4. The van der Waals surface area contributed by atoms with Crippen molar-refractivity contribution in [3.05, 3.63) is 74.5 Å². The zero-order chi connectivity index (χ0) is 22.7. The number of carbonyl (C=O) groups is 1. The second kappa shape index (κ2) is 9.18. The molecule has 6 nitrogen and oxygen atoms in total. The van der Waals surface area contributed by atoms with Gasteiger partial charge in [-0.15, -0.1) is 0 Å². The molecule has 0 radical (unpaired) electrons. The summed E-state index contributed by atoms with van der Waals surface area (Å²) >= 11 is 6.59. The highest BCUT2D eigenvalue weighted by Crippen LogP contribution is 2.32. The minimum atomic E-state index is -0.255. The number of anilines is 1. The number of hydrogen-bond acceptors (Lipinski definition) is 4. The summed E-state index contributed by atoms with van der Waals surface area (Å²) in [5.74, 6) is 0.124. The van der Waals surface area contributed by atoms with Gasteiger partial charge in [0.15, 0.2) is 0 Å². The maximum absolute atomic E-state index is 12.9. The van der Waals surface area contributed by atoms with Gasteiger partial charge >= 0.3 is 0 Å². The normalized spacial score (nSPS) is 10.7. The molecule has 0 spiro atoms. The van der Waals surface area contributed by atoms with Crippen molar-refractivity contribution < 1.29 is 4.79 Å². The number of hydrogen-bond donors (Lipinski definition) is 3. The molecule has 0 fully saturated rings. The monoisotopic (exact) mass is 436 g/mol. The lowest BCUT2D eigenvalue weighted by atomic mass is 9.95. The fraction of sp³-hybridized carbons (Fsp3) is 0.208. The molecule has 0 unspecified atom stereocenters. The lowest BCUT2D eigenvalue weighted by molar-refractivity contribution is 0.0962. The quantitative estimate of drug-likeness (QED) is 0.500. The van der Waals surface area contributed by atoms with E-state index in [0.29, 0.717) is 33.8 Å². The number of nitrogens with two attached hydrogens (primary N) is 1. The van der Waals surface area contributed by atoms with Gasteiger partial charge in [0, 0.05) is 47.1 Å². The van der Waals surface area contributed by atoms with Crippen molar-refractivity contribution in [2.45, 2.75) is 26.8 Å². The Balaban J connectivity index is 2.13. The predicted octanol–water partition coefficient (Wildman–Crippen LogP) is 4.36. The maximum atomic E-state index is 12.9. The Hall–Kier alpha value is -3.38. The third-order valence-electron chi connectivity index (χ3n) is 5.39. The van der Waals surface area contributed by atoms with E-state index >= 15 is 0 Å². The molecular formula is C24H25ClN4O2. The van der Waals surface area contributed by atoms with E-state index in [4.69, 9.17) is 22.7 Å². The molecule has 7 heteroatoms. The first kappa shape index (κ1) is 22.3. The van der Waals surface area contributed by atoms with Gasteiger partial charge in [-0.05, 0) is 48.2 Å². The molecule has 0 aliphatic heterocycles. The number of amides is 1. The highest BCUT2D eigenvalue weighted by atomic mass is 35.5. The van der Waals surface area contributed by atoms with Crippen LogP contribution in [-0.4, -0.2) is 23.7 Å². The van der Waals surface area contributed by atoms with Crippen LogP contribution in [0.15, 0.2) is 47.3 Å². The molecule has 1 heterocycles. The summed E-state index contributed by atoms with van der Waals surface area (Å²) in [6, 6.07) is 12.8. The Bertz CT molecular complexity index is 1230. The van der Waals surface area contributed by atoms with Crippen LogP contribution in [0.25, 0.3) is 22.3 Å². The number of benzene rings is 2. The number of aryl methyl sites for hydroxylation is 1. The molecule has 0 aliphatic rings. The van der Waals surface area contributed by atoms with E-state index in [2.05, 4.69) is 5.32 Å². The maximum Gasteiger partial charge on any atom is 0.260 e. The smallest absolute Gasteiger partial charge is 0.260 e. The van der Waals surface area contributed by atoms with E-state index in [0.717, 1.165) is 29.3 Å². The fourth-order valence-electron chi connectivity index (χ4n) is 3.65. The Morgan fingerprint density at radius 2 is 1.81 bits per heavy atom. The zero-order valence-corrected chi connectivity index (χ0v) is 18.5. The molecular weight excluding hydrogens is 412 g/mol. The molecule has 0 atom stereocenters. The van der Waals surface area contributed by atoms with Crippen LogP contribution in [0.4, 0.5) is 5.82 Å². The summed E-state index contributed by atoms with van der Waals surface area (Å²) in [6.45, 7) is 4.22. The largest absolute Gasteiger partial charge is 0.384 e. The summed E-state index contributed by atoms with van der Waals surface area (Å²) in [5.41, 5.74) is 10.4. The van der Waals surface area contributed by atoms with Gasteiger partial charge in [-0.2, -0.15) is 0 Å². The highest BCUT2D eigenvalue weighted by molar-refractivity contribution is 6.33. The Morgan fingerprint density at radius 1 is 1.13 bits per heavy atom. The molecule has 0 saturated carbocycles. The molecule has 0 bridgehead atoms. The first-order chi connectivity index (χ1) is 14.9. The average molecular weight is 437 g/mol. The van der Waals surface area contributed by atoms with Crippen LogP contribution in [0.3, 0.4) is 0 Å². The molecule has 0 aliphatic carbocycles. The van der Waals surface area contributed by atoms with Gasteiger partial charge in [-0.25, -0.2) is 0 Å². The van der Waals surface area contributed by atoms with Crippen molar-refractivity contribution in [2.24, 2.45) is 0 Å². The summed E-state index contributed by atoms with van der Waals surface area (Å²) in [6.07, 6.45) is 1.88. The van der Waals surface area contributed by atoms with E-state index in [9.17, 15) is 9.59 Å². The standard InChI is InChI=1S/C24H25ClN4O2/c1-4-14-6-7-15(10-19(14)23(30)28-3)16-8-9-18(21(25)12-16)20-11-17(13-26)22(27)29(5-2)24(20)31/h6-13,26H,4-5,27H2,1-3H3,(H,28,30). The molecule has 1 amide bonds. The van der Waals surface area contributed by atoms with E-state index in [1.54, 1.807) is 25.2 Å². The van der Waals surface area contributed by atoms with Crippen molar-refractivity contribution in [1.82, 2.24) is 9.88 Å².